The third-order valence-electron chi connectivity index (χ3n) is 4.87. The highest BCUT2D eigenvalue weighted by molar-refractivity contribution is 5.94. The fourth-order valence-corrected chi connectivity index (χ4v) is 3.30. The molecule has 2 aromatic rings. The minimum absolute atomic E-state index is 0.0622. The van der Waals surface area contributed by atoms with Crippen LogP contribution in [0.4, 0.5) is 17.6 Å². The highest BCUT2D eigenvalue weighted by Gasteiger charge is 2.34. The van der Waals surface area contributed by atoms with Gasteiger partial charge in [-0.15, -0.1) is 0 Å². The maximum atomic E-state index is 13.9. The van der Waals surface area contributed by atoms with Crippen molar-refractivity contribution < 1.29 is 27.2 Å². The number of rotatable bonds is 3. The number of halogens is 4. The van der Waals surface area contributed by atoms with Gasteiger partial charge in [0, 0.05) is 32.4 Å². The molecule has 3 rings (SSSR count). The van der Waals surface area contributed by atoms with Crippen LogP contribution < -0.4 is 5.56 Å². The number of amides is 2. The second-order valence-corrected chi connectivity index (χ2v) is 6.86. The molecule has 1 aliphatic heterocycles. The summed E-state index contributed by atoms with van der Waals surface area (Å²) in [5, 5.41) is 0. The van der Waals surface area contributed by atoms with Crippen LogP contribution >= 0.6 is 0 Å². The van der Waals surface area contributed by atoms with E-state index in [1.807, 2.05) is 0 Å². The van der Waals surface area contributed by atoms with E-state index in [2.05, 4.69) is 0 Å². The fourth-order valence-electron chi connectivity index (χ4n) is 3.30. The first kappa shape index (κ1) is 21.5. The van der Waals surface area contributed by atoms with Crippen LogP contribution in [0.3, 0.4) is 0 Å². The van der Waals surface area contributed by atoms with E-state index in [-0.39, 0.29) is 25.2 Å². The van der Waals surface area contributed by atoms with Crippen molar-refractivity contribution in [1.82, 2.24) is 14.4 Å². The van der Waals surface area contributed by atoms with Crippen LogP contribution in [0.2, 0.25) is 0 Å². The lowest BCUT2D eigenvalue weighted by Gasteiger charge is -2.23. The van der Waals surface area contributed by atoms with Gasteiger partial charge in [-0.3, -0.25) is 14.4 Å². The van der Waals surface area contributed by atoms with Gasteiger partial charge < -0.3 is 14.4 Å². The summed E-state index contributed by atoms with van der Waals surface area (Å²) < 4.78 is 53.3. The first-order valence-corrected chi connectivity index (χ1v) is 9.26. The first-order chi connectivity index (χ1) is 14.2. The van der Waals surface area contributed by atoms with Gasteiger partial charge in [-0.25, -0.2) is 4.39 Å². The number of carbonyl (C=O) groups excluding carboxylic acids is 2. The third kappa shape index (κ3) is 4.69. The van der Waals surface area contributed by atoms with E-state index in [0.717, 1.165) is 16.8 Å². The number of carbonyl (C=O) groups is 2. The number of benzene rings is 1. The summed E-state index contributed by atoms with van der Waals surface area (Å²) in [5.74, 6) is -1.66. The average molecular weight is 425 g/mol. The lowest BCUT2D eigenvalue weighted by molar-refractivity contribution is -0.139. The molecule has 0 bridgehead atoms. The van der Waals surface area contributed by atoms with Gasteiger partial charge in [0.25, 0.3) is 11.5 Å². The number of alkyl halides is 3. The smallest absolute Gasteiger partial charge is 0.339 e. The first-order valence-electron chi connectivity index (χ1n) is 9.26. The molecule has 0 atom stereocenters. The Morgan fingerprint density at radius 2 is 1.60 bits per heavy atom. The summed E-state index contributed by atoms with van der Waals surface area (Å²) in [6.45, 7) is 0.321. The Kier molecular flexibility index (Phi) is 6.23. The van der Waals surface area contributed by atoms with Crippen molar-refractivity contribution in [2.24, 2.45) is 0 Å². The van der Waals surface area contributed by atoms with Crippen LogP contribution in [0.25, 0.3) is 0 Å². The molecule has 6 nitrogen and oxygen atoms in total. The minimum Gasteiger partial charge on any atom is -0.339 e. The fraction of sp³-hybridized carbons (Fsp3) is 0.350. The van der Waals surface area contributed by atoms with Crippen molar-refractivity contribution in [2.75, 3.05) is 26.2 Å². The SMILES string of the molecule is O=C(Cn1cccc(C(F)(F)F)c1=O)N1CCCN(C(=O)c2ccccc2F)CC1. The Morgan fingerprint density at radius 1 is 0.933 bits per heavy atom. The molecule has 160 valence electrons. The predicted molar refractivity (Wildman–Crippen MR) is 99.2 cm³/mol. The topological polar surface area (TPSA) is 62.6 Å². The molecule has 1 aromatic heterocycles. The van der Waals surface area contributed by atoms with Crippen LogP contribution in [0.1, 0.15) is 22.3 Å². The molecule has 0 saturated carbocycles. The molecule has 2 heterocycles. The van der Waals surface area contributed by atoms with Gasteiger partial charge in [-0.2, -0.15) is 13.2 Å². The van der Waals surface area contributed by atoms with Crippen molar-refractivity contribution in [3.63, 3.8) is 0 Å². The third-order valence-corrected chi connectivity index (χ3v) is 4.87. The summed E-state index contributed by atoms with van der Waals surface area (Å²) >= 11 is 0. The van der Waals surface area contributed by atoms with Gasteiger partial charge in [-0.05, 0) is 30.7 Å². The normalized spacial score (nSPS) is 15.1. The molecule has 1 aliphatic rings. The van der Waals surface area contributed by atoms with Crippen LogP contribution in [-0.4, -0.2) is 52.4 Å². The minimum atomic E-state index is -4.81. The number of hydrogen-bond acceptors (Lipinski definition) is 3. The van der Waals surface area contributed by atoms with E-state index in [9.17, 15) is 31.9 Å². The summed E-state index contributed by atoms with van der Waals surface area (Å²) in [6, 6.07) is 7.33. The van der Waals surface area contributed by atoms with E-state index in [4.69, 9.17) is 0 Å². The van der Waals surface area contributed by atoms with Crippen LogP contribution in [0.15, 0.2) is 47.4 Å². The van der Waals surface area contributed by atoms with Gasteiger partial charge in [0.15, 0.2) is 0 Å². The van der Waals surface area contributed by atoms with Crippen molar-refractivity contribution in [3.8, 4) is 0 Å². The van der Waals surface area contributed by atoms with Crippen LogP contribution in [0.5, 0.6) is 0 Å². The lowest BCUT2D eigenvalue weighted by atomic mass is 10.2. The summed E-state index contributed by atoms with van der Waals surface area (Å²) in [4.78, 5) is 39.9. The van der Waals surface area contributed by atoms with Crippen molar-refractivity contribution in [1.29, 1.82) is 0 Å². The number of pyridine rings is 1. The molecule has 0 spiro atoms. The second kappa shape index (κ2) is 8.68. The molecule has 0 N–H and O–H groups in total. The monoisotopic (exact) mass is 425 g/mol. The predicted octanol–water partition coefficient (Wildman–Crippen LogP) is 2.38. The second-order valence-electron chi connectivity index (χ2n) is 6.86. The molecule has 1 saturated heterocycles. The molecule has 2 amide bonds. The molecule has 0 radical (unpaired) electrons. The molecular formula is C20H19F4N3O3. The van der Waals surface area contributed by atoms with Gasteiger partial charge in [-0.1, -0.05) is 12.1 Å². The zero-order valence-corrected chi connectivity index (χ0v) is 15.9. The van der Waals surface area contributed by atoms with E-state index in [0.29, 0.717) is 19.0 Å². The molecule has 1 fully saturated rings. The quantitative estimate of drug-likeness (QED) is 0.710. The Balaban J connectivity index is 1.68. The van der Waals surface area contributed by atoms with Crippen LogP contribution in [-0.2, 0) is 17.5 Å². The molecule has 10 heteroatoms. The Bertz CT molecular complexity index is 1000. The molecule has 1 aromatic carbocycles. The number of hydrogen-bond donors (Lipinski definition) is 0. The highest BCUT2D eigenvalue weighted by atomic mass is 19.4. The van der Waals surface area contributed by atoms with E-state index in [1.165, 1.54) is 28.0 Å². The lowest BCUT2D eigenvalue weighted by Crippen LogP contribution is -2.40. The maximum absolute atomic E-state index is 13.9. The summed E-state index contributed by atoms with van der Waals surface area (Å²) in [5.41, 5.74) is -2.69. The number of aromatic nitrogens is 1. The zero-order chi connectivity index (χ0) is 21.9. The summed E-state index contributed by atoms with van der Waals surface area (Å²) in [7, 11) is 0. The number of nitrogens with zero attached hydrogens (tertiary/aromatic N) is 3. The Hall–Kier alpha value is -3.17. The van der Waals surface area contributed by atoms with Crippen molar-refractivity contribution in [3.05, 3.63) is 69.9 Å². The summed E-state index contributed by atoms with van der Waals surface area (Å²) in [6.07, 6.45) is -3.26. The van der Waals surface area contributed by atoms with E-state index >= 15 is 0 Å². The zero-order valence-electron chi connectivity index (χ0n) is 15.9. The highest BCUT2D eigenvalue weighted by Crippen LogP contribution is 2.26. The van der Waals surface area contributed by atoms with Gasteiger partial charge in [0.05, 0.1) is 5.56 Å². The molecule has 0 unspecified atom stereocenters. The van der Waals surface area contributed by atoms with Crippen molar-refractivity contribution >= 4 is 11.8 Å². The van der Waals surface area contributed by atoms with Gasteiger partial charge in [0.2, 0.25) is 5.91 Å². The standard InChI is InChI=1S/C20H19F4N3O3/c21-16-7-2-1-5-14(16)18(29)26-10-4-9-25(11-12-26)17(28)13-27-8-3-6-15(19(27)30)20(22,23)24/h1-3,5-8H,4,9-13H2. The van der Waals surface area contributed by atoms with E-state index in [1.54, 1.807) is 6.07 Å². The average Bonchev–Trinajstić information content (AvgIpc) is 2.95. The molecule has 30 heavy (non-hydrogen) atoms. The van der Waals surface area contributed by atoms with Gasteiger partial charge in [0.1, 0.15) is 17.9 Å². The largest absolute Gasteiger partial charge is 0.421 e. The van der Waals surface area contributed by atoms with E-state index < -0.39 is 41.5 Å². The molecule has 0 aliphatic carbocycles. The van der Waals surface area contributed by atoms with Crippen LogP contribution in [0, 0.1) is 5.82 Å². The molecular weight excluding hydrogens is 406 g/mol. The maximum Gasteiger partial charge on any atom is 0.421 e. The Labute approximate surface area is 169 Å². The Morgan fingerprint density at radius 3 is 2.30 bits per heavy atom. The van der Waals surface area contributed by atoms with Crippen molar-refractivity contribution in [2.45, 2.75) is 19.1 Å². The van der Waals surface area contributed by atoms with Gasteiger partial charge >= 0.3 is 6.18 Å².